The van der Waals surface area contributed by atoms with Crippen molar-refractivity contribution in [1.82, 2.24) is 5.32 Å². The molecule has 164 valence electrons. The van der Waals surface area contributed by atoms with E-state index in [-0.39, 0.29) is 18.1 Å². The largest absolute Gasteiger partial charge is 0.467 e. The van der Waals surface area contributed by atoms with Gasteiger partial charge in [0.2, 0.25) is 0 Å². The van der Waals surface area contributed by atoms with Crippen LogP contribution in [0.25, 0.3) is 10.8 Å². The molecule has 0 aliphatic carbocycles. The molecule has 0 spiro atoms. The number of ether oxygens (including phenoxy) is 1. The van der Waals surface area contributed by atoms with E-state index < -0.39 is 12.0 Å². The molecule has 1 atom stereocenters. The standard InChI is InChI=1S/C28H23NO4/c1-33-28(32)25(29-27(31)24-16-15-20-7-5-6-10-23(20)18-24)17-19-11-13-22(14-12-19)26(30)21-8-3-2-4-9-21/h2-16,18,25H,17H2,1H3,(H,29,31)/t25-/m1/s1. The summed E-state index contributed by atoms with van der Waals surface area (Å²) in [5.41, 5.74) is 2.43. The van der Waals surface area contributed by atoms with Gasteiger partial charge < -0.3 is 10.1 Å². The number of rotatable bonds is 7. The molecular formula is C28H23NO4. The Morgan fingerprint density at radius 1 is 0.727 bits per heavy atom. The van der Waals surface area contributed by atoms with E-state index >= 15 is 0 Å². The third-order valence-corrected chi connectivity index (χ3v) is 5.49. The lowest BCUT2D eigenvalue weighted by atomic mass is 9.99. The van der Waals surface area contributed by atoms with Gasteiger partial charge >= 0.3 is 5.97 Å². The van der Waals surface area contributed by atoms with Crippen LogP contribution in [0.15, 0.2) is 97.1 Å². The van der Waals surface area contributed by atoms with Crippen LogP contribution in [0.5, 0.6) is 0 Å². The Morgan fingerprint density at radius 3 is 2.03 bits per heavy atom. The van der Waals surface area contributed by atoms with E-state index in [9.17, 15) is 14.4 Å². The molecule has 1 amide bonds. The van der Waals surface area contributed by atoms with Crippen molar-refractivity contribution in [2.75, 3.05) is 7.11 Å². The number of amides is 1. The summed E-state index contributed by atoms with van der Waals surface area (Å²) in [6.07, 6.45) is 0.242. The molecule has 4 rings (SSSR count). The summed E-state index contributed by atoms with van der Waals surface area (Å²) in [6.45, 7) is 0. The Hall–Kier alpha value is -4.25. The number of hydrogen-bond acceptors (Lipinski definition) is 4. The fraction of sp³-hybridized carbons (Fsp3) is 0.107. The lowest BCUT2D eigenvalue weighted by Gasteiger charge is -2.17. The average molecular weight is 437 g/mol. The number of fused-ring (bicyclic) bond motifs is 1. The van der Waals surface area contributed by atoms with Crippen LogP contribution < -0.4 is 5.32 Å². The SMILES string of the molecule is COC(=O)[C@@H](Cc1ccc(C(=O)c2ccccc2)cc1)NC(=O)c1ccc2ccccc2c1. The Bertz CT molecular complexity index is 1300. The topological polar surface area (TPSA) is 72.5 Å². The number of carbonyl (C=O) groups excluding carboxylic acids is 3. The van der Waals surface area contributed by atoms with Crippen LogP contribution in [-0.2, 0) is 16.0 Å². The van der Waals surface area contributed by atoms with Crippen molar-refractivity contribution in [2.24, 2.45) is 0 Å². The quantitative estimate of drug-likeness (QED) is 0.339. The van der Waals surface area contributed by atoms with Crippen molar-refractivity contribution >= 4 is 28.4 Å². The van der Waals surface area contributed by atoms with Crippen LogP contribution in [0.3, 0.4) is 0 Å². The molecule has 0 fully saturated rings. The minimum atomic E-state index is -0.857. The van der Waals surface area contributed by atoms with Gasteiger partial charge in [-0.2, -0.15) is 0 Å². The highest BCUT2D eigenvalue weighted by atomic mass is 16.5. The maximum absolute atomic E-state index is 12.8. The van der Waals surface area contributed by atoms with Crippen LogP contribution in [0.1, 0.15) is 31.8 Å². The molecule has 33 heavy (non-hydrogen) atoms. The molecule has 1 N–H and O–H groups in total. The van der Waals surface area contributed by atoms with Gasteiger partial charge in [-0.1, -0.05) is 84.9 Å². The predicted octanol–water partition coefficient (Wildman–Crippen LogP) is 4.58. The minimum Gasteiger partial charge on any atom is -0.467 e. The first-order chi connectivity index (χ1) is 16.0. The van der Waals surface area contributed by atoms with E-state index in [1.807, 2.05) is 48.5 Å². The molecule has 0 heterocycles. The molecule has 5 heteroatoms. The van der Waals surface area contributed by atoms with Gasteiger partial charge in [-0.15, -0.1) is 0 Å². The fourth-order valence-corrected chi connectivity index (χ4v) is 3.69. The highest BCUT2D eigenvalue weighted by molar-refractivity contribution is 6.09. The van der Waals surface area contributed by atoms with E-state index in [0.717, 1.165) is 16.3 Å². The van der Waals surface area contributed by atoms with Gasteiger partial charge in [0.1, 0.15) is 6.04 Å². The van der Waals surface area contributed by atoms with Crippen LogP contribution >= 0.6 is 0 Å². The van der Waals surface area contributed by atoms with E-state index in [1.54, 1.807) is 48.5 Å². The van der Waals surface area contributed by atoms with E-state index in [4.69, 9.17) is 4.74 Å². The Labute approximate surface area is 192 Å². The van der Waals surface area contributed by atoms with Crippen molar-refractivity contribution in [3.63, 3.8) is 0 Å². The summed E-state index contributed by atoms with van der Waals surface area (Å²) in [4.78, 5) is 37.8. The number of benzene rings is 4. The molecule has 0 aliphatic heterocycles. The molecule has 0 saturated carbocycles. The zero-order valence-electron chi connectivity index (χ0n) is 18.2. The molecule has 4 aromatic rings. The van der Waals surface area contributed by atoms with Gasteiger partial charge in [0.15, 0.2) is 5.78 Å². The van der Waals surface area contributed by atoms with Crippen molar-refractivity contribution in [2.45, 2.75) is 12.5 Å². The van der Waals surface area contributed by atoms with Gasteiger partial charge in [0.25, 0.3) is 5.91 Å². The van der Waals surface area contributed by atoms with E-state index in [0.29, 0.717) is 16.7 Å². The predicted molar refractivity (Wildman–Crippen MR) is 127 cm³/mol. The summed E-state index contributed by atoms with van der Waals surface area (Å²) >= 11 is 0. The molecule has 0 unspecified atom stereocenters. The van der Waals surface area contributed by atoms with Gasteiger partial charge in [-0.3, -0.25) is 9.59 Å². The minimum absolute atomic E-state index is 0.0729. The highest BCUT2D eigenvalue weighted by Gasteiger charge is 2.23. The molecule has 0 bridgehead atoms. The Morgan fingerprint density at radius 2 is 1.33 bits per heavy atom. The van der Waals surface area contributed by atoms with Crippen molar-refractivity contribution < 1.29 is 19.1 Å². The first kappa shape index (κ1) is 22.0. The second-order valence-electron chi connectivity index (χ2n) is 7.71. The smallest absolute Gasteiger partial charge is 0.328 e. The number of ketones is 1. The second kappa shape index (κ2) is 9.92. The second-order valence-corrected chi connectivity index (χ2v) is 7.71. The highest BCUT2D eigenvalue weighted by Crippen LogP contribution is 2.17. The number of esters is 1. The van der Waals surface area contributed by atoms with Crippen molar-refractivity contribution in [1.29, 1.82) is 0 Å². The Kier molecular flexibility index (Phi) is 6.60. The molecule has 5 nitrogen and oxygen atoms in total. The number of hydrogen-bond donors (Lipinski definition) is 1. The molecule has 0 aliphatic rings. The van der Waals surface area contributed by atoms with Gasteiger partial charge in [-0.25, -0.2) is 4.79 Å². The molecule has 0 aromatic heterocycles. The Balaban J connectivity index is 1.49. The maximum atomic E-state index is 12.8. The maximum Gasteiger partial charge on any atom is 0.328 e. The fourth-order valence-electron chi connectivity index (χ4n) is 3.69. The van der Waals surface area contributed by atoms with E-state index in [2.05, 4.69) is 5.32 Å². The summed E-state index contributed by atoms with van der Waals surface area (Å²) in [5.74, 6) is -0.961. The lowest BCUT2D eigenvalue weighted by molar-refractivity contribution is -0.142. The van der Waals surface area contributed by atoms with Crippen LogP contribution in [0.2, 0.25) is 0 Å². The van der Waals surface area contributed by atoms with Crippen LogP contribution in [0.4, 0.5) is 0 Å². The molecule has 4 aromatic carbocycles. The number of carbonyl (C=O) groups is 3. The average Bonchev–Trinajstić information content (AvgIpc) is 2.88. The zero-order valence-corrected chi connectivity index (χ0v) is 18.2. The number of nitrogens with one attached hydrogen (secondary N) is 1. The van der Waals surface area contributed by atoms with Gasteiger partial charge in [0, 0.05) is 23.1 Å². The normalized spacial score (nSPS) is 11.5. The molecule has 0 saturated heterocycles. The van der Waals surface area contributed by atoms with Crippen molar-refractivity contribution in [3.8, 4) is 0 Å². The van der Waals surface area contributed by atoms with Crippen LogP contribution in [-0.4, -0.2) is 30.8 Å². The summed E-state index contributed by atoms with van der Waals surface area (Å²) in [5, 5.41) is 4.75. The third-order valence-electron chi connectivity index (χ3n) is 5.49. The third kappa shape index (κ3) is 5.15. The molecular weight excluding hydrogens is 414 g/mol. The van der Waals surface area contributed by atoms with Crippen LogP contribution in [0, 0.1) is 0 Å². The lowest BCUT2D eigenvalue weighted by Crippen LogP contribution is -2.43. The van der Waals surface area contributed by atoms with Gasteiger partial charge in [0.05, 0.1) is 7.11 Å². The van der Waals surface area contributed by atoms with Crippen molar-refractivity contribution in [3.05, 3.63) is 119 Å². The first-order valence-corrected chi connectivity index (χ1v) is 10.6. The summed E-state index contributed by atoms with van der Waals surface area (Å²) < 4.78 is 4.90. The van der Waals surface area contributed by atoms with Gasteiger partial charge in [-0.05, 0) is 28.5 Å². The molecule has 0 radical (unpaired) electrons. The monoisotopic (exact) mass is 437 g/mol. The summed E-state index contributed by atoms with van der Waals surface area (Å²) in [7, 11) is 1.29. The number of methoxy groups -OCH3 is 1. The van der Waals surface area contributed by atoms with E-state index in [1.165, 1.54) is 7.11 Å². The summed E-state index contributed by atoms with van der Waals surface area (Å²) in [6, 6.07) is 28.4. The first-order valence-electron chi connectivity index (χ1n) is 10.6. The zero-order chi connectivity index (χ0) is 23.2.